The molecule has 6 rings (SSSR count). The van der Waals surface area contributed by atoms with Crippen LogP contribution in [0.5, 0.6) is 0 Å². The summed E-state index contributed by atoms with van der Waals surface area (Å²) in [4.78, 5) is 21.9. The van der Waals surface area contributed by atoms with E-state index in [4.69, 9.17) is 4.98 Å². The SMILES string of the molecule is CC1C(=O)C(C#N)=CC2c3nc(-c4cccc(-c5ccncc5)c4)n(-c4cccc(F)c4)c3CCC12. The standard InChI is InChI=1S/C30H23FN4O/c1-18-25-8-9-27-28(26(25)15-22(17-32)29(18)36)34-30(35(27)24-7-3-6-23(31)16-24)21-5-2-4-20(14-21)19-10-12-33-13-11-19/h2-7,10-16,18,25-26H,8-9H2,1H3. The van der Waals surface area contributed by atoms with Gasteiger partial charge in [-0.1, -0.05) is 37.3 Å². The number of benzene rings is 2. The number of nitrogens with zero attached hydrogens (tertiary/aromatic N) is 4. The Kier molecular flexibility index (Phi) is 5.34. The number of nitriles is 1. The Hall–Kier alpha value is -4.37. The van der Waals surface area contributed by atoms with Crippen LogP contribution >= 0.6 is 0 Å². The number of carbonyl (C=O) groups is 1. The molecular formula is C30H23FN4O. The largest absolute Gasteiger partial charge is 0.296 e. The van der Waals surface area contributed by atoms with Crippen molar-refractivity contribution in [3.05, 3.63) is 102 Å². The van der Waals surface area contributed by atoms with Gasteiger partial charge in [0, 0.05) is 35.5 Å². The molecule has 0 radical (unpaired) electrons. The fourth-order valence-electron chi connectivity index (χ4n) is 5.69. The van der Waals surface area contributed by atoms with Gasteiger partial charge in [0.25, 0.3) is 0 Å². The molecule has 0 saturated heterocycles. The molecule has 0 saturated carbocycles. The van der Waals surface area contributed by atoms with Crippen molar-refractivity contribution in [2.45, 2.75) is 25.7 Å². The third kappa shape index (κ3) is 3.56. The maximum atomic E-state index is 14.3. The fraction of sp³-hybridized carbons (Fsp3) is 0.200. The Balaban J connectivity index is 1.57. The van der Waals surface area contributed by atoms with E-state index in [1.54, 1.807) is 24.5 Å². The van der Waals surface area contributed by atoms with Crippen molar-refractivity contribution in [1.29, 1.82) is 5.26 Å². The molecule has 0 N–H and O–H groups in total. The summed E-state index contributed by atoms with van der Waals surface area (Å²) in [6.07, 6.45) is 6.85. The molecule has 2 aliphatic rings. The lowest BCUT2D eigenvalue weighted by Gasteiger charge is -2.36. The van der Waals surface area contributed by atoms with Crippen LogP contribution in [0.3, 0.4) is 0 Å². The van der Waals surface area contributed by atoms with Crippen LogP contribution < -0.4 is 0 Å². The molecule has 3 atom stereocenters. The van der Waals surface area contributed by atoms with Crippen molar-refractivity contribution in [1.82, 2.24) is 14.5 Å². The normalized spacial score (nSPS) is 20.8. The smallest absolute Gasteiger partial charge is 0.176 e. The van der Waals surface area contributed by atoms with Crippen LogP contribution in [0.4, 0.5) is 4.39 Å². The number of fused-ring (bicyclic) bond motifs is 3. The van der Waals surface area contributed by atoms with Gasteiger partial charge in [-0.3, -0.25) is 14.3 Å². The molecule has 2 aliphatic carbocycles. The number of carbonyl (C=O) groups excluding carboxylic acids is 1. The van der Waals surface area contributed by atoms with E-state index in [-0.39, 0.29) is 34.9 Å². The van der Waals surface area contributed by atoms with Gasteiger partial charge in [0.1, 0.15) is 17.7 Å². The van der Waals surface area contributed by atoms with Crippen LogP contribution in [0.1, 0.15) is 30.7 Å². The monoisotopic (exact) mass is 474 g/mol. The highest BCUT2D eigenvalue weighted by atomic mass is 19.1. The fourth-order valence-corrected chi connectivity index (χ4v) is 5.69. The maximum Gasteiger partial charge on any atom is 0.176 e. The molecule has 2 heterocycles. The first-order chi connectivity index (χ1) is 17.5. The lowest BCUT2D eigenvalue weighted by Crippen LogP contribution is -2.34. The van der Waals surface area contributed by atoms with Gasteiger partial charge in [0.15, 0.2) is 5.78 Å². The van der Waals surface area contributed by atoms with Crippen LogP contribution in [-0.4, -0.2) is 20.3 Å². The third-order valence-corrected chi connectivity index (χ3v) is 7.48. The second-order valence-electron chi connectivity index (χ2n) is 9.47. The first-order valence-electron chi connectivity index (χ1n) is 12.1. The summed E-state index contributed by atoms with van der Waals surface area (Å²) in [5, 5.41) is 9.59. The number of pyridine rings is 1. The van der Waals surface area contributed by atoms with Crippen LogP contribution in [0, 0.1) is 29.0 Å². The van der Waals surface area contributed by atoms with Gasteiger partial charge in [-0.25, -0.2) is 9.37 Å². The summed E-state index contributed by atoms with van der Waals surface area (Å²) in [5.74, 6) is 0.0434. The molecule has 2 aromatic heterocycles. The summed E-state index contributed by atoms with van der Waals surface area (Å²) in [6, 6.07) is 20.7. The molecular weight excluding hydrogens is 451 g/mol. The van der Waals surface area contributed by atoms with E-state index in [0.717, 1.165) is 46.7 Å². The van der Waals surface area contributed by atoms with Crippen molar-refractivity contribution in [3.8, 4) is 34.3 Å². The number of halogens is 1. The van der Waals surface area contributed by atoms with Crippen LogP contribution in [0.15, 0.2) is 84.7 Å². The van der Waals surface area contributed by atoms with Gasteiger partial charge in [-0.05, 0) is 66.3 Å². The van der Waals surface area contributed by atoms with Crippen LogP contribution in [-0.2, 0) is 11.2 Å². The van der Waals surface area contributed by atoms with E-state index >= 15 is 0 Å². The predicted molar refractivity (Wildman–Crippen MR) is 135 cm³/mol. The molecule has 176 valence electrons. The summed E-state index contributed by atoms with van der Waals surface area (Å²) in [7, 11) is 0. The molecule has 0 bridgehead atoms. The van der Waals surface area contributed by atoms with Gasteiger partial charge in [0.2, 0.25) is 0 Å². The topological polar surface area (TPSA) is 71.6 Å². The average molecular weight is 475 g/mol. The second-order valence-corrected chi connectivity index (χ2v) is 9.47. The molecule has 0 spiro atoms. The molecule has 2 aromatic carbocycles. The van der Waals surface area contributed by atoms with E-state index in [1.165, 1.54) is 12.1 Å². The van der Waals surface area contributed by atoms with Crippen LogP contribution in [0.2, 0.25) is 0 Å². The lowest BCUT2D eigenvalue weighted by molar-refractivity contribution is -0.120. The number of rotatable bonds is 3. The zero-order chi connectivity index (χ0) is 24.8. The van der Waals surface area contributed by atoms with Gasteiger partial charge < -0.3 is 0 Å². The zero-order valence-electron chi connectivity index (χ0n) is 19.7. The van der Waals surface area contributed by atoms with E-state index in [2.05, 4.69) is 17.1 Å². The number of imidazole rings is 1. The summed E-state index contributed by atoms with van der Waals surface area (Å²) in [6.45, 7) is 1.91. The Bertz CT molecular complexity index is 1560. The van der Waals surface area contributed by atoms with Gasteiger partial charge in [-0.15, -0.1) is 0 Å². The van der Waals surface area contributed by atoms with Crippen molar-refractivity contribution < 1.29 is 9.18 Å². The Labute approximate surface area is 208 Å². The molecule has 5 nitrogen and oxygen atoms in total. The zero-order valence-corrected chi connectivity index (χ0v) is 19.7. The van der Waals surface area contributed by atoms with Gasteiger partial charge in [0.05, 0.1) is 17.0 Å². The number of hydrogen-bond donors (Lipinski definition) is 0. The van der Waals surface area contributed by atoms with Crippen LogP contribution in [0.25, 0.3) is 28.2 Å². The first kappa shape index (κ1) is 22.1. The number of aromatic nitrogens is 3. The van der Waals surface area contributed by atoms with E-state index in [1.807, 2.05) is 47.9 Å². The Morgan fingerprint density at radius 3 is 2.58 bits per heavy atom. The second kappa shape index (κ2) is 8.69. The van der Waals surface area contributed by atoms with Gasteiger partial charge in [-0.2, -0.15) is 5.26 Å². The molecule has 4 aromatic rings. The molecule has 0 fully saturated rings. The number of Topliss-reactive ketones (excluding diaryl/α,β-unsaturated/α-hetero) is 1. The van der Waals surface area contributed by atoms with E-state index in [0.29, 0.717) is 5.69 Å². The van der Waals surface area contributed by atoms with Crippen molar-refractivity contribution in [2.75, 3.05) is 0 Å². The lowest BCUT2D eigenvalue weighted by atomic mass is 9.67. The number of ketones is 1. The highest BCUT2D eigenvalue weighted by Crippen LogP contribution is 2.46. The van der Waals surface area contributed by atoms with Crippen molar-refractivity contribution >= 4 is 5.78 Å². The van der Waals surface area contributed by atoms with Gasteiger partial charge >= 0.3 is 0 Å². The predicted octanol–water partition coefficient (Wildman–Crippen LogP) is 6.06. The minimum atomic E-state index is -0.316. The molecule has 0 aliphatic heterocycles. The first-order valence-corrected chi connectivity index (χ1v) is 12.1. The maximum absolute atomic E-state index is 14.3. The van der Waals surface area contributed by atoms with Crippen molar-refractivity contribution in [2.24, 2.45) is 11.8 Å². The number of allylic oxidation sites excluding steroid dienone is 2. The number of hydrogen-bond acceptors (Lipinski definition) is 4. The quantitative estimate of drug-likeness (QED) is 0.362. The Morgan fingerprint density at radius 2 is 1.81 bits per heavy atom. The highest BCUT2D eigenvalue weighted by Gasteiger charge is 2.42. The van der Waals surface area contributed by atoms with E-state index in [9.17, 15) is 14.4 Å². The third-order valence-electron chi connectivity index (χ3n) is 7.48. The van der Waals surface area contributed by atoms with Crippen molar-refractivity contribution in [3.63, 3.8) is 0 Å². The van der Waals surface area contributed by atoms with E-state index < -0.39 is 0 Å². The highest BCUT2D eigenvalue weighted by molar-refractivity contribution is 6.01. The minimum absolute atomic E-state index is 0.0861. The minimum Gasteiger partial charge on any atom is -0.296 e. The summed E-state index contributed by atoms with van der Waals surface area (Å²) >= 11 is 0. The molecule has 6 heteroatoms. The Morgan fingerprint density at radius 1 is 1.03 bits per heavy atom. The average Bonchev–Trinajstić information content (AvgIpc) is 3.31. The molecule has 36 heavy (non-hydrogen) atoms. The molecule has 0 amide bonds. The molecule has 3 unspecified atom stereocenters. The summed E-state index contributed by atoms with van der Waals surface area (Å²) in [5.41, 5.74) is 5.76. The summed E-state index contributed by atoms with van der Waals surface area (Å²) < 4.78 is 16.4.